The molecule has 2 aromatic heterocycles. The van der Waals surface area contributed by atoms with E-state index in [1.165, 1.54) is 0 Å². The Balaban J connectivity index is 1.60. The second kappa shape index (κ2) is 7.43. The summed E-state index contributed by atoms with van der Waals surface area (Å²) in [7, 11) is 0. The molecule has 1 fully saturated rings. The first kappa shape index (κ1) is 18.7. The summed E-state index contributed by atoms with van der Waals surface area (Å²) in [5, 5.41) is 4.45. The summed E-state index contributed by atoms with van der Waals surface area (Å²) in [6.07, 6.45) is 1.75. The maximum atomic E-state index is 12.9. The van der Waals surface area contributed by atoms with E-state index in [0.29, 0.717) is 28.8 Å². The highest BCUT2D eigenvalue weighted by atomic mass is 35.5. The lowest BCUT2D eigenvalue weighted by molar-refractivity contribution is -0.120. The number of furan rings is 1. The Bertz CT molecular complexity index is 1050. The van der Waals surface area contributed by atoms with Crippen molar-refractivity contribution in [1.82, 2.24) is 9.97 Å². The standard InChI is InChI=1S/C21H23ClN4O2/c1-12-13(2)28-21-18(12)19(23-14(3)24-21)26-10-6-7-15(11-26)20(27)25-17-9-5-4-8-16(17)22/h4-5,8-9,15H,6-7,10-11H2,1-3H3,(H,25,27)/t15-/m0/s1. The van der Waals surface area contributed by atoms with Crippen LogP contribution >= 0.6 is 11.6 Å². The molecule has 3 aromatic rings. The normalized spacial score (nSPS) is 17.1. The molecule has 0 unspecified atom stereocenters. The number of hydrogen-bond donors (Lipinski definition) is 1. The highest BCUT2D eigenvalue weighted by Gasteiger charge is 2.29. The Labute approximate surface area is 168 Å². The molecule has 1 atom stereocenters. The van der Waals surface area contributed by atoms with Gasteiger partial charge in [-0.05, 0) is 45.7 Å². The number of benzene rings is 1. The maximum absolute atomic E-state index is 12.9. The number of hydrogen-bond acceptors (Lipinski definition) is 5. The molecule has 6 nitrogen and oxygen atoms in total. The third-order valence-corrected chi connectivity index (χ3v) is 5.67. The van der Waals surface area contributed by atoms with Gasteiger partial charge in [-0.15, -0.1) is 0 Å². The maximum Gasteiger partial charge on any atom is 0.231 e. The third-order valence-electron chi connectivity index (χ3n) is 5.34. The molecule has 3 heterocycles. The number of carbonyl (C=O) groups is 1. The number of anilines is 2. The number of nitrogens with zero attached hydrogens (tertiary/aromatic N) is 3. The number of fused-ring (bicyclic) bond motifs is 1. The fraction of sp³-hybridized carbons (Fsp3) is 0.381. The van der Waals surface area contributed by atoms with Crippen molar-refractivity contribution in [2.45, 2.75) is 33.6 Å². The molecule has 1 N–H and O–H groups in total. The number of rotatable bonds is 3. The molecule has 0 saturated carbocycles. The molecule has 4 rings (SSSR count). The average Bonchev–Trinajstić information content (AvgIpc) is 2.96. The van der Waals surface area contributed by atoms with E-state index in [-0.39, 0.29) is 11.8 Å². The zero-order valence-corrected chi connectivity index (χ0v) is 17.0. The van der Waals surface area contributed by atoms with Crippen molar-refractivity contribution in [1.29, 1.82) is 0 Å². The molecule has 0 spiro atoms. The van der Waals surface area contributed by atoms with Crippen LogP contribution in [0.2, 0.25) is 5.02 Å². The lowest BCUT2D eigenvalue weighted by Gasteiger charge is -2.33. The smallest absolute Gasteiger partial charge is 0.231 e. The van der Waals surface area contributed by atoms with E-state index in [0.717, 1.165) is 41.9 Å². The van der Waals surface area contributed by atoms with E-state index in [1.807, 2.05) is 39.0 Å². The summed E-state index contributed by atoms with van der Waals surface area (Å²) in [5.41, 5.74) is 2.31. The van der Waals surface area contributed by atoms with Crippen LogP contribution in [0.3, 0.4) is 0 Å². The van der Waals surface area contributed by atoms with Crippen LogP contribution in [0.15, 0.2) is 28.7 Å². The summed E-state index contributed by atoms with van der Waals surface area (Å²) in [4.78, 5) is 24.2. The van der Waals surface area contributed by atoms with Gasteiger partial charge in [0.2, 0.25) is 11.6 Å². The predicted molar refractivity (Wildman–Crippen MR) is 111 cm³/mol. The Morgan fingerprint density at radius 1 is 1.25 bits per heavy atom. The zero-order chi connectivity index (χ0) is 19.8. The molecular weight excluding hydrogens is 376 g/mol. The lowest BCUT2D eigenvalue weighted by Crippen LogP contribution is -2.41. The Morgan fingerprint density at radius 3 is 2.82 bits per heavy atom. The van der Waals surface area contributed by atoms with E-state index >= 15 is 0 Å². The predicted octanol–water partition coefficient (Wildman–Crippen LogP) is 4.66. The van der Waals surface area contributed by atoms with Gasteiger partial charge in [0, 0.05) is 18.7 Å². The molecule has 1 amide bonds. The van der Waals surface area contributed by atoms with Crippen LogP contribution in [0.5, 0.6) is 0 Å². The number of halogens is 1. The van der Waals surface area contributed by atoms with Crippen molar-refractivity contribution >= 4 is 40.1 Å². The van der Waals surface area contributed by atoms with Gasteiger partial charge in [0.15, 0.2) is 0 Å². The number of para-hydroxylation sites is 1. The van der Waals surface area contributed by atoms with Crippen LogP contribution in [0.4, 0.5) is 11.5 Å². The van der Waals surface area contributed by atoms with Crippen LogP contribution in [0.25, 0.3) is 11.1 Å². The van der Waals surface area contributed by atoms with Crippen LogP contribution in [0.1, 0.15) is 30.0 Å². The van der Waals surface area contributed by atoms with E-state index in [1.54, 1.807) is 6.07 Å². The first-order valence-corrected chi connectivity index (χ1v) is 9.86. The minimum Gasteiger partial charge on any atom is -0.443 e. The van der Waals surface area contributed by atoms with E-state index in [9.17, 15) is 4.79 Å². The van der Waals surface area contributed by atoms with Crippen LogP contribution in [-0.2, 0) is 4.79 Å². The first-order chi connectivity index (χ1) is 13.4. The molecule has 1 aromatic carbocycles. The quantitative estimate of drug-likeness (QED) is 0.694. The summed E-state index contributed by atoms with van der Waals surface area (Å²) in [5.74, 6) is 2.22. The van der Waals surface area contributed by atoms with Crippen molar-refractivity contribution in [3.8, 4) is 0 Å². The fourth-order valence-corrected chi connectivity index (χ4v) is 3.92. The summed E-state index contributed by atoms with van der Waals surface area (Å²) >= 11 is 6.18. The number of carbonyl (C=O) groups excluding carboxylic acids is 1. The molecule has 0 aliphatic carbocycles. The second-order valence-corrected chi connectivity index (χ2v) is 7.72. The number of amides is 1. The van der Waals surface area contributed by atoms with Crippen molar-refractivity contribution < 1.29 is 9.21 Å². The molecule has 0 radical (unpaired) electrons. The monoisotopic (exact) mass is 398 g/mol. The summed E-state index contributed by atoms with van der Waals surface area (Å²) < 4.78 is 5.81. The van der Waals surface area contributed by atoms with Gasteiger partial charge in [-0.3, -0.25) is 4.79 Å². The largest absolute Gasteiger partial charge is 0.443 e. The summed E-state index contributed by atoms with van der Waals surface area (Å²) in [6.45, 7) is 7.28. The van der Waals surface area contributed by atoms with Gasteiger partial charge in [-0.25, -0.2) is 4.98 Å². The number of aromatic nitrogens is 2. The van der Waals surface area contributed by atoms with Gasteiger partial charge in [-0.1, -0.05) is 23.7 Å². The average molecular weight is 399 g/mol. The van der Waals surface area contributed by atoms with Gasteiger partial charge in [0.1, 0.15) is 17.4 Å². The van der Waals surface area contributed by atoms with Gasteiger partial charge in [0.25, 0.3) is 0 Å². The van der Waals surface area contributed by atoms with Crippen LogP contribution in [-0.4, -0.2) is 29.0 Å². The SMILES string of the molecule is Cc1nc(N2CCC[C@H](C(=O)Nc3ccccc3Cl)C2)c2c(C)c(C)oc2n1. The van der Waals surface area contributed by atoms with E-state index < -0.39 is 0 Å². The van der Waals surface area contributed by atoms with E-state index in [2.05, 4.69) is 15.2 Å². The molecule has 28 heavy (non-hydrogen) atoms. The zero-order valence-electron chi connectivity index (χ0n) is 16.3. The van der Waals surface area contributed by atoms with Gasteiger partial charge >= 0.3 is 0 Å². The van der Waals surface area contributed by atoms with Gasteiger partial charge in [-0.2, -0.15) is 4.98 Å². The second-order valence-electron chi connectivity index (χ2n) is 7.31. The summed E-state index contributed by atoms with van der Waals surface area (Å²) in [6, 6.07) is 7.29. The Hall–Kier alpha value is -2.60. The topological polar surface area (TPSA) is 71.3 Å². The number of piperidine rings is 1. The first-order valence-electron chi connectivity index (χ1n) is 9.48. The Kier molecular flexibility index (Phi) is 4.98. The highest BCUT2D eigenvalue weighted by Crippen LogP contribution is 2.33. The van der Waals surface area contributed by atoms with Crippen molar-refractivity contribution in [3.05, 3.63) is 46.4 Å². The van der Waals surface area contributed by atoms with Gasteiger partial charge < -0.3 is 14.6 Å². The van der Waals surface area contributed by atoms with Crippen molar-refractivity contribution in [2.75, 3.05) is 23.3 Å². The van der Waals surface area contributed by atoms with Gasteiger partial charge in [0.05, 0.1) is 22.0 Å². The molecule has 146 valence electrons. The van der Waals surface area contributed by atoms with Crippen molar-refractivity contribution in [2.24, 2.45) is 5.92 Å². The number of aryl methyl sites for hydroxylation is 3. The molecule has 1 aliphatic heterocycles. The molecule has 0 bridgehead atoms. The molecule has 7 heteroatoms. The highest BCUT2D eigenvalue weighted by molar-refractivity contribution is 6.33. The van der Waals surface area contributed by atoms with Crippen LogP contribution < -0.4 is 10.2 Å². The minimum absolute atomic E-state index is 0.0140. The molecule has 1 saturated heterocycles. The molecule has 1 aliphatic rings. The third kappa shape index (κ3) is 3.44. The fourth-order valence-electron chi connectivity index (χ4n) is 3.74. The van der Waals surface area contributed by atoms with E-state index in [4.69, 9.17) is 21.0 Å². The minimum atomic E-state index is -0.136. The van der Waals surface area contributed by atoms with Crippen molar-refractivity contribution in [3.63, 3.8) is 0 Å². The molecular formula is C21H23ClN4O2. The van der Waals surface area contributed by atoms with Crippen LogP contribution in [0, 0.1) is 26.7 Å². The number of nitrogens with one attached hydrogen (secondary N) is 1. The lowest BCUT2D eigenvalue weighted by atomic mass is 9.96. The Morgan fingerprint density at radius 2 is 2.04 bits per heavy atom.